The molecule has 0 aliphatic carbocycles. The van der Waals surface area contributed by atoms with Crippen molar-refractivity contribution < 1.29 is 13.2 Å². The fourth-order valence-electron chi connectivity index (χ4n) is 4.95. The van der Waals surface area contributed by atoms with Gasteiger partial charge in [0.1, 0.15) is 17.7 Å². The van der Waals surface area contributed by atoms with Crippen LogP contribution in [0.15, 0.2) is 54.6 Å². The summed E-state index contributed by atoms with van der Waals surface area (Å²) in [5, 5.41) is 13.0. The Morgan fingerprint density at radius 2 is 1.78 bits per heavy atom. The molecule has 0 bridgehead atoms. The lowest BCUT2D eigenvalue weighted by molar-refractivity contribution is 0.162. The number of benzene rings is 3. The minimum atomic E-state index is -3.49. The monoisotopic (exact) mass is 550 g/mol. The molecule has 2 aliphatic rings. The van der Waals surface area contributed by atoms with Gasteiger partial charge in [0.05, 0.1) is 17.5 Å². The maximum absolute atomic E-state index is 13.2. The molecule has 5 rings (SSSR count). The van der Waals surface area contributed by atoms with E-state index in [2.05, 4.69) is 5.32 Å². The lowest BCUT2D eigenvalue weighted by Gasteiger charge is -2.27. The Bertz CT molecular complexity index is 1360. The summed E-state index contributed by atoms with van der Waals surface area (Å²) in [7, 11) is -3.49. The van der Waals surface area contributed by atoms with Gasteiger partial charge in [-0.2, -0.15) is 0 Å². The summed E-state index contributed by atoms with van der Waals surface area (Å²) in [6, 6.07) is 17.1. The summed E-state index contributed by atoms with van der Waals surface area (Å²) in [5.74, 6) is 0.833. The molecule has 3 aromatic rings. The minimum Gasteiger partial charge on any atom is -0.490 e. The van der Waals surface area contributed by atoms with E-state index < -0.39 is 10.0 Å². The van der Waals surface area contributed by atoms with Crippen molar-refractivity contribution in [3.05, 3.63) is 71.3 Å². The molecule has 2 aliphatic heterocycles. The number of halogens is 2. The van der Waals surface area contributed by atoms with Crippen LogP contribution in [0, 0.1) is 5.41 Å². The molecule has 4 N–H and O–H groups in total. The number of piperidine rings is 1. The Morgan fingerprint density at radius 1 is 1.06 bits per heavy atom. The maximum atomic E-state index is 13.2. The number of hydrogen-bond donors (Lipinski definition) is 3. The molecule has 0 unspecified atom stereocenters. The molecule has 10 heteroatoms. The third-order valence-electron chi connectivity index (χ3n) is 6.80. The number of sulfonamides is 1. The third kappa shape index (κ3) is 5.42. The highest BCUT2D eigenvalue weighted by atomic mass is 35.5. The average molecular weight is 552 g/mol. The molecule has 194 valence electrons. The van der Waals surface area contributed by atoms with Crippen LogP contribution < -0.4 is 20.1 Å². The Balaban J connectivity index is 0.00000180. The fourth-order valence-corrected chi connectivity index (χ4v) is 6.29. The number of fused-ring (bicyclic) bond motifs is 2. The zero-order valence-electron chi connectivity index (χ0n) is 20.1. The summed E-state index contributed by atoms with van der Waals surface area (Å²) in [6.07, 6.45) is 2.70. The van der Waals surface area contributed by atoms with E-state index in [1.807, 2.05) is 54.6 Å². The zero-order chi connectivity index (χ0) is 23.9. The molecule has 2 heterocycles. The molecule has 3 aromatic carbocycles. The van der Waals surface area contributed by atoms with E-state index in [9.17, 15) is 8.42 Å². The predicted octanol–water partition coefficient (Wildman–Crippen LogP) is 4.55. The standard InChI is InChI=1S/C26H30N4O3S.2ClH/c1-2-34(31,32)30-24-8-7-23(33-22-9-11-29-12-10-22)15-21(24)16-25(30)18-5-3-17-4-6-19(26(27)28)14-20(17)13-18;;/h3-8,13-15,22,25,29H,2,9-12,16H2,1H3,(H3,27,28);2*1H/t25-;;/m1../s1. The number of rotatable bonds is 6. The van der Waals surface area contributed by atoms with Gasteiger partial charge in [-0.3, -0.25) is 9.71 Å². The Kier molecular flexibility index (Phi) is 8.77. The van der Waals surface area contributed by atoms with E-state index in [1.54, 1.807) is 11.2 Å². The fraction of sp³-hybridized carbons (Fsp3) is 0.346. The van der Waals surface area contributed by atoms with Crippen LogP contribution in [-0.2, 0) is 16.4 Å². The number of anilines is 1. The molecule has 0 radical (unpaired) electrons. The average Bonchev–Trinajstić information content (AvgIpc) is 3.23. The number of ether oxygens (including phenoxy) is 1. The maximum Gasteiger partial charge on any atom is 0.235 e. The highest BCUT2D eigenvalue weighted by Gasteiger charge is 2.38. The summed E-state index contributed by atoms with van der Waals surface area (Å²) in [4.78, 5) is 0. The molecular weight excluding hydrogens is 519 g/mol. The summed E-state index contributed by atoms with van der Waals surface area (Å²) >= 11 is 0. The second-order valence-corrected chi connectivity index (χ2v) is 11.1. The zero-order valence-corrected chi connectivity index (χ0v) is 22.5. The topological polar surface area (TPSA) is 109 Å². The second-order valence-electron chi connectivity index (χ2n) is 9.01. The van der Waals surface area contributed by atoms with E-state index >= 15 is 0 Å². The van der Waals surface area contributed by atoms with Gasteiger partial charge in [0, 0.05) is 12.0 Å². The van der Waals surface area contributed by atoms with Gasteiger partial charge in [0.15, 0.2) is 0 Å². The van der Waals surface area contributed by atoms with Gasteiger partial charge >= 0.3 is 0 Å². The Morgan fingerprint density at radius 3 is 2.47 bits per heavy atom. The highest BCUT2D eigenvalue weighted by molar-refractivity contribution is 7.92. The van der Waals surface area contributed by atoms with Crippen molar-refractivity contribution in [1.29, 1.82) is 5.41 Å². The van der Waals surface area contributed by atoms with Gasteiger partial charge in [-0.25, -0.2) is 8.42 Å². The lowest BCUT2D eigenvalue weighted by atomic mass is 9.98. The summed E-state index contributed by atoms with van der Waals surface area (Å²) < 4.78 is 34.2. The van der Waals surface area contributed by atoms with E-state index in [-0.39, 0.29) is 48.5 Å². The third-order valence-corrected chi connectivity index (χ3v) is 8.58. The van der Waals surface area contributed by atoms with Crippen LogP contribution in [0.25, 0.3) is 10.8 Å². The summed E-state index contributed by atoms with van der Waals surface area (Å²) in [6.45, 7) is 3.58. The van der Waals surface area contributed by atoms with E-state index in [4.69, 9.17) is 15.9 Å². The van der Waals surface area contributed by atoms with Crippen LogP contribution in [0.2, 0.25) is 0 Å². The van der Waals surface area contributed by atoms with Crippen molar-refractivity contribution in [1.82, 2.24) is 5.32 Å². The molecule has 0 spiro atoms. The molecular formula is C26H32Cl2N4O3S. The number of amidine groups is 1. The van der Waals surface area contributed by atoms with Crippen LogP contribution in [0.5, 0.6) is 5.75 Å². The second kappa shape index (κ2) is 11.3. The Hall–Kier alpha value is -2.52. The molecule has 1 fully saturated rings. The first-order valence-corrected chi connectivity index (χ1v) is 13.4. The molecule has 1 atom stereocenters. The van der Waals surface area contributed by atoms with Crippen LogP contribution in [0.3, 0.4) is 0 Å². The predicted molar refractivity (Wildman–Crippen MR) is 151 cm³/mol. The quantitative estimate of drug-likeness (QED) is 0.308. The van der Waals surface area contributed by atoms with Gasteiger partial charge < -0.3 is 15.8 Å². The van der Waals surface area contributed by atoms with Crippen molar-refractivity contribution in [2.45, 2.75) is 38.3 Å². The molecule has 36 heavy (non-hydrogen) atoms. The molecule has 1 saturated heterocycles. The van der Waals surface area contributed by atoms with Crippen molar-refractivity contribution in [3.8, 4) is 5.75 Å². The van der Waals surface area contributed by atoms with E-state index in [1.165, 1.54) is 0 Å². The molecule has 7 nitrogen and oxygen atoms in total. The van der Waals surface area contributed by atoms with E-state index in [0.717, 1.165) is 59.3 Å². The van der Waals surface area contributed by atoms with Crippen LogP contribution in [-0.4, -0.2) is 39.2 Å². The number of nitrogen functional groups attached to an aromatic ring is 1. The van der Waals surface area contributed by atoms with Crippen LogP contribution in [0.4, 0.5) is 5.69 Å². The first-order valence-electron chi connectivity index (χ1n) is 11.8. The van der Waals surface area contributed by atoms with Crippen molar-refractivity contribution in [3.63, 3.8) is 0 Å². The molecule has 0 saturated carbocycles. The van der Waals surface area contributed by atoms with Gasteiger partial charge in [0.25, 0.3) is 0 Å². The number of nitrogens with one attached hydrogen (secondary N) is 2. The molecule has 0 aromatic heterocycles. The summed E-state index contributed by atoms with van der Waals surface area (Å²) in [5.41, 5.74) is 8.95. The smallest absolute Gasteiger partial charge is 0.235 e. The first kappa shape index (κ1) is 28.1. The van der Waals surface area contributed by atoms with Gasteiger partial charge in [-0.1, -0.05) is 24.3 Å². The van der Waals surface area contributed by atoms with Gasteiger partial charge in [0.2, 0.25) is 10.0 Å². The minimum absolute atomic E-state index is 0. The van der Waals surface area contributed by atoms with E-state index in [0.29, 0.717) is 12.0 Å². The number of nitrogens with zero attached hydrogens (tertiary/aromatic N) is 1. The van der Waals surface area contributed by atoms with Gasteiger partial charge in [-0.05, 0) is 85.1 Å². The van der Waals surface area contributed by atoms with Crippen molar-refractivity contribution >= 4 is 57.1 Å². The van der Waals surface area contributed by atoms with Crippen LogP contribution in [0.1, 0.15) is 42.5 Å². The van der Waals surface area contributed by atoms with Crippen molar-refractivity contribution in [2.75, 3.05) is 23.1 Å². The normalized spacial score (nSPS) is 17.7. The highest BCUT2D eigenvalue weighted by Crippen LogP contribution is 2.44. The number of nitrogens with two attached hydrogens (primary N) is 1. The lowest BCUT2D eigenvalue weighted by Crippen LogP contribution is -2.34. The largest absolute Gasteiger partial charge is 0.490 e. The number of hydrogen-bond acceptors (Lipinski definition) is 5. The SMILES string of the molecule is CCS(=O)(=O)N1c2ccc(OC3CCNCC3)cc2C[C@@H]1c1ccc2ccc(C(=N)N)cc2c1.Cl.Cl. The molecule has 0 amide bonds. The Labute approximate surface area is 224 Å². The van der Waals surface area contributed by atoms with Crippen LogP contribution >= 0.6 is 24.8 Å². The van der Waals surface area contributed by atoms with Crippen molar-refractivity contribution in [2.24, 2.45) is 5.73 Å². The first-order chi connectivity index (χ1) is 16.4. The van der Waals surface area contributed by atoms with Gasteiger partial charge in [-0.15, -0.1) is 24.8 Å².